The summed E-state index contributed by atoms with van der Waals surface area (Å²) in [6, 6.07) is 12.4. The van der Waals surface area contributed by atoms with Crippen molar-refractivity contribution in [3.05, 3.63) is 64.1 Å². The van der Waals surface area contributed by atoms with Crippen LogP contribution < -0.4 is 9.62 Å². The first-order valence-electron chi connectivity index (χ1n) is 9.58. The van der Waals surface area contributed by atoms with E-state index in [0.717, 1.165) is 10.6 Å². The van der Waals surface area contributed by atoms with Crippen LogP contribution in [0.15, 0.2) is 48.5 Å². The zero-order chi connectivity index (χ0) is 23.2. The minimum atomic E-state index is -3.83. The molecule has 1 atom stereocenters. The van der Waals surface area contributed by atoms with Gasteiger partial charge in [-0.15, -0.1) is 0 Å². The van der Waals surface area contributed by atoms with Crippen molar-refractivity contribution in [2.24, 2.45) is 0 Å². The van der Waals surface area contributed by atoms with Gasteiger partial charge in [0.15, 0.2) is 0 Å². The highest BCUT2D eigenvalue weighted by atomic mass is 35.5. The van der Waals surface area contributed by atoms with E-state index in [9.17, 15) is 18.0 Å². The monoisotopic (exact) mass is 485 g/mol. The molecule has 0 heterocycles. The van der Waals surface area contributed by atoms with Crippen LogP contribution in [0.5, 0.6) is 0 Å². The molecule has 0 saturated carbocycles. The molecule has 0 aliphatic heterocycles. The van der Waals surface area contributed by atoms with Crippen molar-refractivity contribution >= 4 is 50.7 Å². The van der Waals surface area contributed by atoms with E-state index in [4.69, 9.17) is 23.2 Å². The fourth-order valence-electron chi connectivity index (χ4n) is 2.99. The molecule has 168 valence electrons. The summed E-state index contributed by atoms with van der Waals surface area (Å²) in [5, 5.41) is 3.37. The van der Waals surface area contributed by atoms with E-state index in [0.29, 0.717) is 17.1 Å². The van der Waals surface area contributed by atoms with Crippen molar-refractivity contribution in [2.75, 3.05) is 23.7 Å². The third kappa shape index (κ3) is 6.85. The van der Waals surface area contributed by atoms with Crippen molar-refractivity contribution in [3.8, 4) is 0 Å². The smallest absolute Gasteiger partial charge is 0.244 e. The van der Waals surface area contributed by atoms with E-state index < -0.39 is 28.5 Å². The maximum Gasteiger partial charge on any atom is 0.244 e. The van der Waals surface area contributed by atoms with Crippen LogP contribution in [0.2, 0.25) is 10.0 Å². The number of amides is 2. The molecular formula is C21H25Cl2N3O4S. The number of nitrogens with one attached hydrogen (secondary N) is 1. The van der Waals surface area contributed by atoms with Gasteiger partial charge in [0.2, 0.25) is 21.8 Å². The number of benzene rings is 2. The van der Waals surface area contributed by atoms with Gasteiger partial charge in [0.05, 0.1) is 17.0 Å². The summed E-state index contributed by atoms with van der Waals surface area (Å²) in [4.78, 5) is 27.1. The molecule has 0 radical (unpaired) electrons. The first-order valence-corrected chi connectivity index (χ1v) is 12.2. The Balaban J connectivity index is 2.40. The SMILES string of the molecule is CCNC(=O)C(C)N(Cc1cccc(Cl)c1)C(=O)CN(c1ccccc1Cl)S(C)(=O)=O. The summed E-state index contributed by atoms with van der Waals surface area (Å²) in [6.07, 6.45) is 0.998. The topological polar surface area (TPSA) is 86.8 Å². The summed E-state index contributed by atoms with van der Waals surface area (Å²) in [7, 11) is -3.83. The molecule has 0 aliphatic carbocycles. The first kappa shape index (κ1) is 25.0. The van der Waals surface area contributed by atoms with Gasteiger partial charge in [-0.05, 0) is 43.7 Å². The molecule has 0 saturated heterocycles. The summed E-state index contributed by atoms with van der Waals surface area (Å²) < 4.78 is 25.8. The Kier molecular flexibility index (Phi) is 8.73. The highest BCUT2D eigenvalue weighted by Gasteiger charge is 2.30. The lowest BCUT2D eigenvalue weighted by Crippen LogP contribution is -2.51. The molecule has 0 aromatic heterocycles. The number of likely N-dealkylation sites (N-methyl/N-ethyl adjacent to an activating group) is 1. The zero-order valence-electron chi connectivity index (χ0n) is 17.5. The second-order valence-corrected chi connectivity index (χ2v) is 9.69. The lowest BCUT2D eigenvalue weighted by molar-refractivity contribution is -0.139. The fraction of sp³-hybridized carbons (Fsp3) is 0.333. The molecule has 2 aromatic carbocycles. The Morgan fingerprint density at radius 3 is 2.35 bits per heavy atom. The number of sulfonamides is 1. The average molecular weight is 486 g/mol. The van der Waals surface area contributed by atoms with E-state index in [1.54, 1.807) is 56.3 Å². The normalized spacial score (nSPS) is 12.2. The number of halogens is 2. The summed E-state index contributed by atoms with van der Waals surface area (Å²) in [5.74, 6) is -0.898. The second kappa shape index (κ2) is 10.8. The third-order valence-corrected chi connectivity index (χ3v) is 6.24. The van der Waals surface area contributed by atoms with Gasteiger partial charge >= 0.3 is 0 Å². The first-order chi connectivity index (χ1) is 14.5. The van der Waals surface area contributed by atoms with Crippen LogP contribution in [0.25, 0.3) is 0 Å². The standard InChI is InChI=1S/C21H25Cl2N3O4S/c1-4-24-21(28)15(2)25(13-16-8-7-9-17(22)12-16)20(27)14-26(31(3,29)30)19-11-6-5-10-18(19)23/h5-12,15H,4,13-14H2,1-3H3,(H,24,28). The lowest BCUT2D eigenvalue weighted by Gasteiger charge is -2.31. The predicted molar refractivity (Wildman–Crippen MR) is 124 cm³/mol. The average Bonchev–Trinajstić information content (AvgIpc) is 2.69. The van der Waals surface area contributed by atoms with Gasteiger partial charge in [-0.25, -0.2) is 8.42 Å². The minimum Gasteiger partial charge on any atom is -0.355 e. The van der Waals surface area contributed by atoms with Crippen molar-refractivity contribution in [2.45, 2.75) is 26.4 Å². The molecule has 10 heteroatoms. The third-order valence-electron chi connectivity index (χ3n) is 4.56. The maximum absolute atomic E-state index is 13.3. The van der Waals surface area contributed by atoms with Crippen molar-refractivity contribution in [1.29, 1.82) is 0 Å². The lowest BCUT2D eigenvalue weighted by atomic mass is 10.1. The molecule has 0 aliphatic rings. The number of carbonyl (C=O) groups excluding carboxylic acids is 2. The Hall–Kier alpha value is -2.29. The van der Waals surface area contributed by atoms with Crippen LogP contribution in [-0.2, 0) is 26.2 Å². The molecule has 2 amide bonds. The Bertz CT molecular complexity index is 1050. The maximum atomic E-state index is 13.3. The van der Waals surface area contributed by atoms with Crippen LogP contribution in [0.1, 0.15) is 19.4 Å². The van der Waals surface area contributed by atoms with Crippen LogP contribution in [-0.4, -0.2) is 50.5 Å². The molecule has 0 bridgehead atoms. The van der Waals surface area contributed by atoms with E-state index in [1.807, 2.05) is 0 Å². The highest BCUT2D eigenvalue weighted by Crippen LogP contribution is 2.27. The molecule has 1 unspecified atom stereocenters. The minimum absolute atomic E-state index is 0.0812. The molecule has 7 nitrogen and oxygen atoms in total. The highest BCUT2D eigenvalue weighted by molar-refractivity contribution is 7.92. The number of rotatable bonds is 9. The van der Waals surface area contributed by atoms with Gasteiger partial charge in [0.25, 0.3) is 0 Å². The number of para-hydroxylation sites is 1. The van der Waals surface area contributed by atoms with Gasteiger partial charge in [-0.2, -0.15) is 0 Å². The van der Waals surface area contributed by atoms with E-state index in [1.165, 1.54) is 11.0 Å². The van der Waals surface area contributed by atoms with Crippen LogP contribution >= 0.6 is 23.2 Å². The van der Waals surface area contributed by atoms with E-state index in [2.05, 4.69) is 5.32 Å². The number of anilines is 1. The Morgan fingerprint density at radius 1 is 1.10 bits per heavy atom. The van der Waals surface area contributed by atoms with Crippen molar-refractivity contribution in [3.63, 3.8) is 0 Å². The van der Waals surface area contributed by atoms with Crippen LogP contribution in [0.3, 0.4) is 0 Å². The van der Waals surface area contributed by atoms with Gasteiger partial charge in [-0.3, -0.25) is 13.9 Å². The van der Waals surface area contributed by atoms with Gasteiger partial charge in [0.1, 0.15) is 12.6 Å². The molecular weight excluding hydrogens is 461 g/mol. The van der Waals surface area contributed by atoms with Gasteiger partial charge in [-0.1, -0.05) is 47.5 Å². The van der Waals surface area contributed by atoms with Crippen molar-refractivity contribution in [1.82, 2.24) is 10.2 Å². The van der Waals surface area contributed by atoms with Gasteiger partial charge < -0.3 is 10.2 Å². The van der Waals surface area contributed by atoms with E-state index >= 15 is 0 Å². The van der Waals surface area contributed by atoms with E-state index in [-0.39, 0.29) is 23.2 Å². The fourth-order valence-corrected chi connectivity index (χ4v) is 4.35. The Labute approximate surface area is 193 Å². The van der Waals surface area contributed by atoms with Crippen LogP contribution in [0, 0.1) is 0 Å². The number of hydrogen-bond acceptors (Lipinski definition) is 4. The molecule has 0 spiro atoms. The van der Waals surface area contributed by atoms with Crippen LogP contribution in [0.4, 0.5) is 5.69 Å². The summed E-state index contributed by atoms with van der Waals surface area (Å²) in [5.41, 5.74) is 0.897. The number of nitrogens with zero attached hydrogens (tertiary/aromatic N) is 2. The number of hydrogen-bond donors (Lipinski definition) is 1. The Morgan fingerprint density at radius 2 is 1.77 bits per heavy atom. The quantitative estimate of drug-likeness (QED) is 0.589. The second-order valence-electron chi connectivity index (χ2n) is 6.94. The molecule has 2 aromatic rings. The number of carbonyl (C=O) groups is 2. The summed E-state index contributed by atoms with van der Waals surface area (Å²) >= 11 is 12.2. The largest absolute Gasteiger partial charge is 0.355 e. The molecule has 2 rings (SSSR count). The van der Waals surface area contributed by atoms with Crippen molar-refractivity contribution < 1.29 is 18.0 Å². The summed E-state index contributed by atoms with van der Waals surface area (Å²) in [6.45, 7) is 3.34. The predicted octanol–water partition coefficient (Wildman–Crippen LogP) is 3.31. The molecule has 1 N–H and O–H groups in total. The molecule has 31 heavy (non-hydrogen) atoms. The van der Waals surface area contributed by atoms with Gasteiger partial charge in [0, 0.05) is 18.1 Å². The molecule has 0 fully saturated rings. The zero-order valence-corrected chi connectivity index (χ0v) is 19.8.